The molecule has 146 valence electrons. The number of benzene rings is 1. The summed E-state index contributed by atoms with van der Waals surface area (Å²) in [6.45, 7) is 11.2. The number of phenols is 1. The van der Waals surface area contributed by atoms with Gasteiger partial charge in [0.25, 0.3) is 0 Å². The summed E-state index contributed by atoms with van der Waals surface area (Å²) in [5.74, 6) is 0.338. The maximum Gasteiger partial charge on any atom is 0.115 e. The maximum atomic E-state index is 9.69. The van der Waals surface area contributed by atoms with E-state index >= 15 is 0 Å². The third-order valence-electron chi connectivity index (χ3n) is 6.09. The SMILES string of the molecule is CC(C)N1CCC(N2CCN(Cc3cccc(O)c3)C[C@@H]2CCO)CC1. The van der Waals surface area contributed by atoms with Crippen LogP contribution in [-0.2, 0) is 6.54 Å². The van der Waals surface area contributed by atoms with Crippen LogP contribution in [-0.4, -0.2) is 82.4 Å². The summed E-state index contributed by atoms with van der Waals surface area (Å²) in [5, 5.41) is 19.3. The van der Waals surface area contributed by atoms with Gasteiger partial charge in [0.1, 0.15) is 5.75 Å². The van der Waals surface area contributed by atoms with Crippen molar-refractivity contribution >= 4 is 0 Å². The van der Waals surface area contributed by atoms with Gasteiger partial charge in [0.05, 0.1) is 0 Å². The zero-order chi connectivity index (χ0) is 18.5. The van der Waals surface area contributed by atoms with Gasteiger partial charge in [-0.1, -0.05) is 12.1 Å². The number of hydrogen-bond donors (Lipinski definition) is 2. The Morgan fingerprint density at radius 2 is 1.88 bits per heavy atom. The van der Waals surface area contributed by atoms with Crippen LogP contribution in [0.15, 0.2) is 24.3 Å². The van der Waals surface area contributed by atoms with E-state index in [4.69, 9.17) is 0 Å². The second-order valence-corrected chi connectivity index (χ2v) is 8.17. The molecule has 0 radical (unpaired) electrons. The molecule has 1 aromatic carbocycles. The molecule has 2 aliphatic rings. The number of piperazine rings is 1. The fraction of sp³-hybridized carbons (Fsp3) is 0.714. The molecule has 2 heterocycles. The summed E-state index contributed by atoms with van der Waals surface area (Å²) < 4.78 is 0. The van der Waals surface area contributed by atoms with E-state index in [1.165, 1.54) is 25.9 Å². The minimum absolute atomic E-state index is 0.256. The van der Waals surface area contributed by atoms with Crippen molar-refractivity contribution in [3.63, 3.8) is 0 Å². The van der Waals surface area contributed by atoms with Crippen LogP contribution in [0.4, 0.5) is 0 Å². The van der Waals surface area contributed by atoms with Crippen molar-refractivity contribution in [2.24, 2.45) is 0 Å². The number of rotatable bonds is 6. The fourth-order valence-electron chi connectivity index (χ4n) is 4.61. The molecule has 0 bridgehead atoms. The predicted octanol–water partition coefficient (Wildman–Crippen LogP) is 2.13. The summed E-state index contributed by atoms with van der Waals surface area (Å²) in [4.78, 5) is 7.72. The molecule has 0 aromatic heterocycles. The number of aliphatic hydroxyl groups excluding tert-OH is 1. The Hall–Kier alpha value is -1.14. The second kappa shape index (κ2) is 9.18. The molecule has 5 nitrogen and oxygen atoms in total. The molecule has 2 aliphatic heterocycles. The van der Waals surface area contributed by atoms with E-state index in [2.05, 4.69) is 34.6 Å². The summed E-state index contributed by atoms with van der Waals surface area (Å²) in [6.07, 6.45) is 3.33. The number of hydrogen-bond acceptors (Lipinski definition) is 5. The lowest BCUT2D eigenvalue weighted by molar-refractivity contribution is -0.0000375. The average molecular weight is 362 g/mol. The molecule has 2 saturated heterocycles. The quantitative estimate of drug-likeness (QED) is 0.813. The molecular weight excluding hydrogens is 326 g/mol. The Balaban J connectivity index is 1.58. The van der Waals surface area contributed by atoms with Crippen molar-refractivity contribution in [2.75, 3.05) is 39.3 Å². The van der Waals surface area contributed by atoms with Crippen LogP contribution in [0, 0.1) is 0 Å². The summed E-state index contributed by atoms with van der Waals surface area (Å²) in [7, 11) is 0. The van der Waals surface area contributed by atoms with Crippen molar-refractivity contribution in [3.8, 4) is 5.75 Å². The smallest absolute Gasteiger partial charge is 0.115 e. The Labute approximate surface area is 158 Å². The number of aliphatic hydroxyl groups is 1. The monoisotopic (exact) mass is 361 g/mol. The largest absolute Gasteiger partial charge is 0.508 e. The van der Waals surface area contributed by atoms with Crippen LogP contribution in [0.3, 0.4) is 0 Å². The minimum Gasteiger partial charge on any atom is -0.508 e. The van der Waals surface area contributed by atoms with Gasteiger partial charge in [-0.3, -0.25) is 9.80 Å². The molecule has 5 heteroatoms. The molecule has 0 saturated carbocycles. The van der Waals surface area contributed by atoms with Gasteiger partial charge in [-0.15, -0.1) is 0 Å². The highest BCUT2D eigenvalue weighted by atomic mass is 16.3. The van der Waals surface area contributed by atoms with Gasteiger partial charge in [0.15, 0.2) is 0 Å². The average Bonchev–Trinajstić information content (AvgIpc) is 2.62. The van der Waals surface area contributed by atoms with Gasteiger partial charge in [-0.25, -0.2) is 0 Å². The number of piperidine rings is 1. The molecule has 26 heavy (non-hydrogen) atoms. The van der Waals surface area contributed by atoms with Gasteiger partial charge in [0, 0.05) is 50.9 Å². The van der Waals surface area contributed by atoms with Gasteiger partial charge in [0.2, 0.25) is 0 Å². The van der Waals surface area contributed by atoms with Gasteiger partial charge in [-0.05, 0) is 63.9 Å². The number of phenolic OH excluding ortho intramolecular Hbond substituents is 1. The normalized spacial score (nSPS) is 24.4. The first-order chi connectivity index (χ1) is 12.6. The van der Waals surface area contributed by atoms with Crippen molar-refractivity contribution in [1.82, 2.24) is 14.7 Å². The van der Waals surface area contributed by atoms with Crippen LogP contribution in [0.25, 0.3) is 0 Å². The Bertz CT molecular complexity index is 558. The lowest BCUT2D eigenvalue weighted by Gasteiger charge is -2.48. The molecule has 0 unspecified atom stereocenters. The number of likely N-dealkylation sites (tertiary alicyclic amines) is 1. The lowest BCUT2D eigenvalue weighted by Crippen LogP contribution is -2.58. The predicted molar refractivity (Wildman–Crippen MR) is 105 cm³/mol. The van der Waals surface area contributed by atoms with E-state index in [-0.39, 0.29) is 6.61 Å². The molecule has 1 atom stereocenters. The van der Waals surface area contributed by atoms with E-state index in [9.17, 15) is 10.2 Å². The van der Waals surface area contributed by atoms with Crippen LogP contribution in [0.2, 0.25) is 0 Å². The summed E-state index contributed by atoms with van der Waals surface area (Å²) in [6, 6.07) is 9.30. The number of aromatic hydroxyl groups is 1. The Morgan fingerprint density at radius 1 is 1.12 bits per heavy atom. The summed E-state index contributed by atoms with van der Waals surface area (Å²) in [5.41, 5.74) is 1.16. The highest BCUT2D eigenvalue weighted by Gasteiger charge is 2.33. The number of nitrogens with zero attached hydrogens (tertiary/aromatic N) is 3. The highest BCUT2D eigenvalue weighted by Crippen LogP contribution is 2.25. The van der Waals surface area contributed by atoms with Gasteiger partial charge < -0.3 is 15.1 Å². The van der Waals surface area contributed by atoms with E-state index in [0.717, 1.165) is 38.2 Å². The van der Waals surface area contributed by atoms with Crippen LogP contribution < -0.4 is 0 Å². The van der Waals surface area contributed by atoms with Crippen LogP contribution in [0.1, 0.15) is 38.7 Å². The van der Waals surface area contributed by atoms with Gasteiger partial charge >= 0.3 is 0 Å². The van der Waals surface area contributed by atoms with E-state index in [1.54, 1.807) is 6.07 Å². The molecule has 2 fully saturated rings. The molecule has 2 N–H and O–H groups in total. The fourth-order valence-corrected chi connectivity index (χ4v) is 4.61. The lowest BCUT2D eigenvalue weighted by atomic mass is 9.97. The first kappa shape index (κ1) is 19.6. The van der Waals surface area contributed by atoms with Crippen molar-refractivity contribution in [2.45, 2.75) is 57.8 Å². The zero-order valence-electron chi connectivity index (χ0n) is 16.3. The van der Waals surface area contributed by atoms with Gasteiger partial charge in [-0.2, -0.15) is 0 Å². The van der Waals surface area contributed by atoms with Crippen molar-refractivity contribution in [3.05, 3.63) is 29.8 Å². The molecule has 0 spiro atoms. The molecule has 0 aliphatic carbocycles. The van der Waals surface area contributed by atoms with Crippen molar-refractivity contribution in [1.29, 1.82) is 0 Å². The van der Waals surface area contributed by atoms with Crippen LogP contribution >= 0.6 is 0 Å². The van der Waals surface area contributed by atoms with E-state index < -0.39 is 0 Å². The summed E-state index contributed by atoms with van der Waals surface area (Å²) >= 11 is 0. The van der Waals surface area contributed by atoms with E-state index in [1.807, 2.05) is 12.1 Å². The third-order valence-corrected chi connectivity index (χ3v) is 6.09. The van der Waals surface area contributed by atoms with Crippen LogP contribution in [0.5, 0.6) is 5.75 Å². The first-order valence-electron chi connectivity index (χ1n) is 10.2. The standard InChI is InChI=1S/C21H35N3O2/c1-17(2)23-9-6-19(7-10-23)24-12-11-22(16-20(24)8-13-25)15-18-4-3-5-21(26)14-18/h3-5,14,17,19-20,25-26H,6-13,15-16H2,1-2H3/t20-/m0/s1. The van der Waals surface area contributed by atoms with Crippen molar-refractivity contribution < 1.29 is 10.2 Å². The zero-order valence-corrected chi connectivity index (χ0v) is 16.3. The topological polar surface area (TPSA) is 50.2 Å². The minimum atomic E-state index is 0.256. The third kappa shape index (κ3) is 4.97. The maximum absolute atomic E-state index is 9.69. The van der Waals surface area contributed by atoms with E-state index in [0.29, 0.717) is 23.9 Å². The first-order valence-corrected chi connectivity index (χ1v) is 10.2. The Morgan fingerprint density at radius 3 is 2.54 bits per heavy atom. The Kier molecular flexibility index (Phi) is 6.92. The molecular formula is C21H35N3O2. The highest BCUT2D eigenvalue weighted by molar-refractivity contribution is 5.27. The second-order valence-electron chi connectivity index (χ2n) is 8.17. The molecule has 0 amide bonds. The molecule has 1 aromatic rings. The molecule has 3 rings (SSSR count).